The van der Waals surface area contributed by atoms with E-state index in [-0.39, 0.29) is 5.69 Å². The fourth-order valence-corrected chi connectivity index (χ4v) is 2.61. The molecule has 0 saturated carbocycles. The maximum atomic E-state index is 10.7. The third-order valence-corrected chi connectivity index (χ3v) is 4.09. The van der Waals surface area contributed by atoms with Crippen molar-refractivity contribution in [3.8, 4) is 0 Å². The maximum Gasteiger partial charge on any atom is 0.269 e. The lowest BCUT2D eigenvalue weighted by Gasteiger charge is -2.28. The molecule has 1 fully saturated rings. The largest absolute Gasteiger partial charge is 0.378 e. The number of anilines is 2. The maximum absolute atomic E-state index is 10.7. The van der Waals surface area contributed by atoms with Gasteiger partial charge in [-0.05, 0) is 36.8 Å². The van der Waals surface area contributed by atoms with Gasteiger partial charge in [0.05, 0.1) is 29.5 Å². The second-order valence-corrected chi connectivity index (χ2v) is 5.76. The van der Waals surface area contributed by atoms with E-state index in [0.29, 0.717) is 5.69 Å². The Morgan fingerprint density at radius 3 is 2.36 bits per heavy atom. The first-order valence-corrected chi connectivity index (χ1v) is 8.11. The molecular weight excluding hydrogens is 320 g/mol. The van der Waals surface area contributed by atoms with Crippen LogP contribution in [0.15, 0.2) is 53.6 Å². The average Bonchev–Trinajstić information content (AvgIpc) is 2.67. The highest BCUT2D eigenvalue weighted by atomic mass is 16.6. The molecule has 0 aliphatic carbocycles. The third-order valence-electron chi connectivity index (χ3n) is 4.09. The van der Waals surface area contributed by atoms with E-state index >= 15 is 0 Å². The molecule has 3 rings (SSSR count). The quantitative estimate of drug-likeness (QED) is 0.513. The first-order valence-electron chi connectivity index (χ1n) is 8.11. The number of morpholine rings is 1. The minimum absolute atomic E-state index is 0.0601. The zero-order chi connectivity index (χ0) is 17.6. The van der Waals surface area contributed by atoms with Crippen LogP contribution in [0.5, 0.6) is 0 Å². The number of nitrogens with one attached hydrogen (secondary N) is 1. The van der Waals surface area contributed by atoms with E-state index in [1.165, 1.54) is 17.8 Å². The van der Waals surface area contributed by atoms with E-state index in [0.717, 1.165) is 37.6 Å². The Labute approximate surface area is 146 Å². The molecule has 1 aliphatic heterocycles. The molecule has 25 heavy (non-hydrogen) atoms. The third kappa shape index (κ3) is 4.33. The lowest BCUT2D eigenvalue weighted by atomic mass is 10.1. The van der Waals surface area contributed by atoms with Crippen LogP contribution in [0.25, 0.3) is 0 Å². The normalized spacial score (nSPS) is 15.1. The second-order valence-electron chi connectivity index (χ2n) is 5.76. The van der Waals surface area contributed by atoms with Crippen molar-refractivity contribution < 1.29 is 9.66 Å². The molecule has 2 aromatic rings. The summed E-state index contributed by atoms with van der Waals surface area (Å²) in [5.41, 5.74) is 6.73. The molecule has 0 spiro atoms. The number of nitro benzene ring substituents is 1. The van der Waals surface area contributed by atoms with Crippen molar-refractivity contribution in [1.29, 1.82) is 0 Å². The molecule has 1 heterocycles. The highest BCUT2D eigenvalue weighted by Crippen LogP contribution is 2.18. The van der Waals surface area contributed by atoms with Gasteiger partial charge in [-0.15, -0.1) is 0 Å². The van der Waals surface area contributed by atoms with E-state index in [4.69, 9.17) is 4.74 Å². The second kappa shape index (κ2) is 7.76. The van der Waals surface area contributed by atoms with Crippen LogP contribution in [0.2, 0.25) is 0 Å². The molecule has 0 amide bonds. The van der Waals surface area contributed by atoms with Crippen LogP contribution in [-0.2, 0) is 4.74 Å². The van der Waals surface area contributed by atoms with Gasteiger partial charge in [0.1, 0.15) is 0 Å². The van der Waals surface area contributed by atoms with E-state index in [1.807, 2.05) is 19.1 Å². The highest BCUT2D eigenvalue weighted by molar-refractivity contribution is 5.99. The van der Waals surface area contributed by atoms with Crippen LogP contribution in [-0.4, -0.2) is 36.9 Å². The topological polar surface area (TPSA) is 80.0 Å². The van der Waals surface area contributed by atoms with Crippen LogP contribution in [0.1, 0.15) is 12.5 Å². The van der Waals surface area contributed by atoms with Gasteiger partial charge in [-0.1, -0.05) is 12.1 Å². The number of non-ortho nitro benzene ring substituents is 1. The van der Waals surface area contributed by atoms with E-state index < -0.39 is 4.92 Å². The Hall–Kier alpha value is -2.93. The van der Waals surface area contributed by atoms with Gasteiger partial charge in [-0.25, -0.2) is 0 Å². The van der Waals surface area contributed by atoms with E-state index in [9.17, 15) is 10.1 Å². The predicted molar refractivity (Wildman–Crippen MR) is 98.4 cm³/mol. The number of rotatable bonds is 5. The minimum atomic E-state index is -0.422. The molecule has 1 aliphatic rings. The summed E-state index contributed by atoms with van der Waals surface area (Å²) in [7, 11) is 0. The summed E-state index contributed by atoms with van der Waals surface area (Å²) < 4.78 is 5.37. The summed E-state index contributed by atoms with van der Waals surface area (Å²) in [6, 6.07) is 14.4. The van der Waals surface area contributed by atoms with Crippen molar-refractivity contribution in [3.63, 3.8) is 0 Å². The fraction of sp³-hybridized carbons (Fsp3) is 0.278. The van der Waals surface area contributed by atoms with Gasteiger partial charge >= 0.3 is 0 Å². The molecule has 0 atom stereocenters. The minimum Gasteiger partial charge on any atom is -0.378 e. The molecule has 7 nitrogen and oxygen atoms in total. The SMILES string of the molecule is CC(=NNc1ccc([N+](=O)[O-])cc1)c1ccc(N2CCOCC2)cc1. The van der Waals surface area contributed by atoms with Crippen molar-refractivity contribution in [2.45, 2.75) is 6.92 Å². The monoisotopic (exact) mass is 340 g/mol. The zero-order valence-corrected chi connectivity index (χ0v) is 14.0. The molecule has 2 aromatic carbocycles. The van der Waals surface area contributed by atoms with Crippen LogP contribution in [0.3, 0.4) is 0 Å². The van der Waals surface area contributed by atoms with Crippen molar-refractivity contribution in [2.75, 3.05) is 36.6 Å². The first-order chi connectivity index (χ1) is 12.1. The number of ether oxygens (including phenoxy) is 1. The number of hydrogen-bond donors (Lipinski definition) is 1. The molecule has 0 aromatic heterocycles. The van der Waals surface area contributed by atoms with E-state index in [1.54, 1.807) is 12.1 Å². The van der Waals surface area contributed by atoms with Gasteiger partial charge in [0.25, 0.3) is 5.69 Å². The molecule has 130 valence electrons. The fourth-order valence-electron chi connectivity index (χ4n) is 2.61. The van der Waals surface area contributed by atoms with Crippen molar-refractivity contribution in [1.82, 2.24) is 0 Å². The van der Waals surface area contributed by atoms with Gasteiger partial charge in [-0.3, -0.25) is 15.5 Å². The Balaban J connectivity index is 1.64. The lowest BCUT2D eigenvalue weighted by molar-refractivity contribution is -0.384. The molecule has 7 heteroatoms. The van der Waals surface area contributed by atoms with Crippen molar-refractivity contribution in [3.05, 3.63) is 64.2 Å². The average molecular weight is 340 g/mol. The number of hydrogen-bond acceptors (Lipinski definition) is 6. The molecule has 1 saturated heterocycles. The van der Waals surface area contributed by atoms with Crippen LogP contribution >= 0.6 is 0 Å². The van der Waals surface area contributed by atoms with Crippen molar-refractivity contribution >= 4 is 22.8 Å². The Morgan fingerprint density at radius 1 is 1.12 bits per heavy atom. The molecule has 0 bridgehead atoms. The lowest BCUT2D eigenvalue weighted by Crippen LogP contribution is -2.36. The number of hydrazone groups is 1. The summed E-state index contributed by atoms with van der Waals surface area (Å²) >= 11 is 0. The van der Waals surface area contributed by atoms with Gasteiger partial charge < -0.3 is 9.64 Å². The Morgan fingerprint density at radius 2 is 1.76 bits per heavy atom. The van der Waals surface area contributed by atoms with E-state index in [2.05, 4.69) is 27.6 Å². The van der Waals surface area contributed by atoms with Gasteiger partial charge in [0, 0.05) is 30.9 Å². The molecule has 0 radical (unpaired) electrons. The summed E-state index contributed by atoms with van der Waals surface area (Å²) in [4.78, 5) is 12.5. The standard InChI is InChI=1S/C18H20N4O3/c1-14(19-20-16-4-8-18(9-5-16)22(23)24)15-2-6-17(7-3-15)21-10-12-25-13-11-21/h2-9,20H,10-13H2,1H3. The molecular formula is C18H20N4O3. The first kappa shape index (κ1) is 16.9. The van der Waals surface area contributed by atoms with Crippen LogP contribution < -0.4 is 10.3 Å². The summed E-state index contributed by atoms with van der Waals surface area (Å²) in [6.07, 6.45) is 0. The number of nitrogens with zero attached hydrogens (tertiary/aromatic N) is 3. The summed E-state index contributed by atoms with van der Waals surface area (Å²) in [5, 5.41) is 15.0. The summed E-state index contributed by atoms with van der Waals surface area (Å²) in [6.45, 7) is 5.27. The van der Waals surface area contributed by atoms with Crippen LogP contribution in [0, 0.1) is 10.1 Å². The number of benzene rings is 2. The van der Waals surface area contributed by atoms with Crippen LogP contribution in [0.4, 0.5) is 17.1 Å². The predicted octanol–water partition coefficient (Wildman–Crippen LogP) is 3.27. The zero-order valence-electron chi connectivity index (χ0n) is 14.0. The highest BCUT2D eigenvalue weighted by Gasteiger charge is 2.11. The Bertz CT molecular complexity index is 751. The number of nitro groups is 1. The summed E-state index contributed by atoms with van der Waals surface area (Å²) in [5.74, 6) is 0. The van der Waals surface area contributed by atoms with Gasteiger partial charge in [0.15, 0.2) is 0 Å². The smallest absolute Gasteiger partial charge is 0.269 e. The van der Waals surface area contributed by atoms with Crippen molar-refractivity contribution in [2.24, 2.45) is 5.10 Å². The Kier molecular flexibility index (Phi) is 5.25. The molecule has 1 N–H and O–H groups in total. The van der Waals surface area contributed by atoms with Gasteiger partial charge in [0.2, 0.25) is 0 Å². The molecule has 0 unspecified atom stereocenters. The van der Waals surface area contributed by atoms with Gasteiger partial charge in [-0.2, -0.15) is 5.10 Å².